The van der Waals surface area contributed by atoms with E-state index in [4.69, 9.17) is 15.0 Å². The Morgan fingerprint density at radius 1 is 0.261 bits per heavy atom. The van der Waals surface area contributed by atoms with Crippen LogP contribution in [0.5, 0.6) is 0 Å². The monoisotopic (exact) mass is 585 g/mol. The second kappa shape index (κ2) is 10.8. The summed E-state index contributed by atoms with van der Waals surface area (Å²) in [4.78, 5) is 15.6. The molecule has 0 spiro atoms. The van der Waals surface area contributed by atoms with Gasteiger partial charge in [-0.3, -0.25) is 0 Å². The third-order valence-electron chi connectivity index (χ3n) is 8.90. The quantitative estimate of drug-likeness (QED) is 0.193. The fourth-order valence-corrected chi connectivity index (χ4v) is 6.67. The topological polar surface area (TPSA) is 38.7 Å². The van der Waals surface area contributed by atoms with Gasteiger partial charge < -0.3 is 0 Å². The molecule has 0 saturated heterocycles. The maximum atomic E-state index is 5.26. The first-order valence-electron chi connectivity index (χ1n) is 15.5. The first kappa shape index (κ1) is 26.2. The van der Waals surface area contributed by atoms with Crippen molar-refractivity contribution in [2.45, 2.75) is 0 Å². The van der Waals surface area contributed by atoms with E-state index in [1.807, 2.05) is 6.07 Å². The minimum atomic E-state index is 0.647. The Morgan fingerprint density at radius 3 is 1.15 bits per heavy atom. The average molecular weight is 586 g/mol. The van der Waals surface area contributed by atoms with Crippen LogP contribution in [0.15, 0.2) is 164 Å². The molecule has 1 heterocycles. The van der Waals surface area contributed by atoms with Crippen molar-refractivity contribution in [2.75, 3.05) is 0 Å². The van der Waals surface area contributed by atoms with Crippen LogP contribution >= 0.6 is 0 Å². The summed E-state index contributed by atoms with van der Waals surface area (Å²) < 4.78 is 0. The lowest BCUT2D eigenvalue weighted by Crippen LogP contribution is -2.01. The molecule has 0 atom stereocenters. The van der Waals surface area contributed by atoms with Gasteiger partial charge in [-0.1, -0.05) is 152 Å². The van der Waals surface area contributed by atoms with Crippen molar-refractivity contribution < 1.29 is 0 Å². The first-order chi connectivity index (χ1) is 22.8. The third kappa shape index (κ3) is 4.41. The van der Waals surface area contributed by atoms with Gasteiger partial charge in [-0.15, -0.1) is 0 Å². The summed E-state index contributed by atoms with van der Waals surface area (Å²) in [7, 11) is 0. The molecular formula is C43H27N3. The van der Waals surface area contributed by atoms with Crippen LogP contribution in [0.4, 0.5) is 0 Å². The lowest BCUT2D eigenvalue weighted by Gasteiger charge is -2.14. The zero-order valence-corrected chi connectivity index (χ0v) is 24.9. The van der Waals surface area contributed by atoms with Gasteiger partial charge in [0, 0.05) is 16.7 Å². The summed E-state index contributed by atoms with van der Waals surface area (Å²) in [5.41, 5.74) is 5.26. The Bertz CT molecular complexity index is 2430. The van der Waals surface area contributed by atoms with Crippen molar-refractivity contribution in [1.82, 2.24) is 15.0 Å². The van der Waals surface area contributed by atoms with Gasteiger partial charge in [0.1, 0.15) is 0 Å². The summed E-state index contributed by atoms with van der Waals surface area (Å²) in [6.45, 7) is 0. The molecule has 3 heteroatoms. The van der Waals surface area contributed by atoms with E-state index in [-0.39, 0.29) is 0 Å². The van der Waals surface area contributed by atoms with Gasteiger partial charge in [0.05, 0.1) is 0 Å². The molecule has 0 radical (unpaired) electrons. The van der Waals surface area contributed by atoms with Gasteiger partial charge in [-0.05, 0) is 66.3 Å². The molecule has 9 aromatic rings. The predicted molar refractivity (Wildman–Crippen MR) is 192 cm³/mol. The van der Waals surface area contributed by atoms with Gasteiger partial charge in [-0.25, -0.2) is 15.0 Å². The van der Waals surface area contributed by atoms with Gasteiger partial charge in [0.2, 0.25) is 0 Å². The average Bonchev–Trinajstić information content (AvgIpc) is 3.14. The minimum absolute atomic E-state index is 0.647. The summed E-state index contributed by atoms with van der Waals surface area (Å²) >= 11 is 0. The fraction of sp³-hybridized carbons (Fsp3) is 0. The van der Waals surface area contributed by atoms with Crippen LogP contribution in [0.25, 0.3) is 88.4 Å². The summed E-state index contributed by atoms with van der Waals surface area (Å²) in [5.74, 6) is 1.96. The van der Waals surface area contributed by atoms with E-state index in [1.54, 1.807) is 0 Å². The van der Waals surface area contributed by atoms with Crippen LogP contribution < -0.4 is 0 Å². The van der Waals surface area contributed by atoms with Crippen LogP contribution in [0.1, 0.15) is 0 Å². The highest BCUT2D eigenvalue weighted by Crippen LogP contribution is 2.38. The maximum absolute atomic E-state index is 5.26. The zero-order chi connectivity index (χ0) is 30.5. The van der Waals surface area contributed by atoms with Crippen molar-refractivity contribution in [1.29, 1.82) is 0 Å². The van der Waals surface area contributed by atoms with Crippen LogP contribution in [0, 0.1) is 0 Å². The lowest BCUT2D eigenvalue weighted by molar-refractivity contribution is 1.08. The predicted octanol–water partition coefficient (Wildman–Crippen LogP) is 11.2. The van der Waals surface area contributed by atoms with Crippen LogP contribution in [0.2, 0.25) is 0 Å². The molecule has 0 aliphatic rings. The Balaban J connectivity index is 1.32. The molecule has 8 aromatic carbocycles. The Hall–Kier alpha value is -6.19. The van der Waals surface area contributed by atoms with E-state index in [1.165, 1.54) is 27.1 Å². The van der Waals surface area contributed by atoms with Crippen molar-refractivity contribution in [3.63, 3.8) is 0 Å². The number of nitrogens with zero attached hydrogens (tertiary/aromatic N) is 3. The van der Waals surface area contributed by atoms with Crippen molar-refractivity contribution in [2.24, 2.45) is 0 Å². The Morgan fingerprint density at radius 2 is 0.630 bits per heavy atom. The molecule has 0 N–H and O–H groups in total. The number of fused-ring (bicyclic) bond motifs is 6. The van der Waals surface area contributed by atoms with Gasteiger partial charge in [-0.2, -0.15) is 0 Å². The fourth-order valence-electron chi connectivity index (χ4n) is 6.67. The van der Waals surface area contributed by atoms with E-state index in [2.05, 4.69) is 158 Å². The zero-order valence-electron chi connectivity index (χ0n) is 24.9. The highest BCUT2D eigenvalue weighted by atomic mass is 15.0. The standard InChI is InChI=1S/C43H27N3/c1-2-12-28(13-3-1)29-22-24-30(25-23-29)41-44-42(39-26-31-14-4-6-16-33(31)35-18-8-10-20-37(35)39)46-43(45-41)40-27-32-15-5-7-17-34(32)36-19-9-11-21-38(36)40/h1-27H. The van der Waals surface area contributed by atoms with E-state index in [0.29, 0.717) is 17.5 Å². The summed E-state index contributed by atoms with van der Waals surface area (Å²) in [5, 5.41) is 9.34. The second-order valence-electron chi connectivity index (χ2n) is 11.6. The number of benzene rings is 8. The number of aromatic nitrogens is 3. The van der Waals surface area contributed by atoms with Gasteiger partial charge in [0.15, 0.2) is 17.5 Å². The Labute approximate surface area is 266 Å². The van der Waals surface area contributed by atoms with Crippen LogP contribution in [-0.2, 0) is 0 Å². The number of rotatable bonds is 4. The molecule has 0 amide bonds. The van der Waals surface area contributed by atoms with Crippen molar-refractivity contribution >= 4 is 43.1 Å². The lowest BCUT2D eigenvalue weighted by atomic mass is 9.96. The molecule has 9 rings (SSSR count). The van der Waals surface area contributed by atoms with E-state index in [0.717, 1.165) is 43.8 Å². The van der Waals surface area contributed by atoms with Crippen LogP contribution in [0.3, 0.4) is 0 Å². The van der Waals surface area contributed by atoms with E-state index >= 15 is 0 Å². The normalized spacial score (nSPS) is 11.5. The molecule has 0 saturated carbocycles. The first-order valence-corrected chi connectivity index (χ1v) is 15.5. The van der Waals surface area contributed by atoms with Crippen molar-refractivity contribution in [3.8, 4) is 45.3 Å². The smallest absolute Gasteiger partial charge is 0.164 e. The van der Waals surface area contributed by atoms with Gasteiger partial charge >= 0.3 is 0 Å². The SMILES string of the molecule is c1ccc(-c2ccc(-c3nc(-c4cc5ccccc5c5ccccc45)nc(-c4cc5ccccc5c5ccccc45)n3)cc2)cc1. The molecule has 0 aliphatic heterocycles. The Kier molecular flexibility index (Phi) is 6.14. The maximum Gasteiger partial charge on any atom is 0.164 e. The number of hydrogen-bond donors (Lipinski definition) is 0. The number of hydrogen-bond acceptors (Lipinski definition) is 3. The van der Waals surface area contributed by atoms with E-state index < -0.39 is 0 Å². The minimum Gasteiger partial charge on any atom is -0.208 e. The molecule has 46 heavy (non-hydrogen) atoms. The molecule has 1 aromatic heterocycles. The van der Waals surface area contributed by atoms with Crippen molar-refractivity contribution in [3.05, 3.63) is 164 Å². The molecule has 0 fully saturated rings. The highest BCUT2D eigenvalue weighted by molar-refractivity contribution is 6.14. The third-order valence-corrected chi connectivity index (χ3v) is 8.90. The largest absolute Gasteiger partial charge is 0.208 e. The molecule has 0 aliphatic carbocycles. The second-order valence-corrected chi connectivity index (χ2v) is 11.6. The molecule has 3 nitrogen and oxygen atoms in total. The van der Waals surface area contributed by atoms with Gasteiger partial charge in [0.25, 0.3) is 0 Å². The van der Waals surface area contributed by atoms with Crippen LogP contribution in [-0.4, -0.2) is 15.0 Å². The molecular weight excluding hydrogens is 558 g/mol. The van der Waals surface area contributed by atoms with E-state index in [9.17, 15) is 0 Å². The summed E-state index contributed by atoms with van der Waals surface area (Å²) in [6, 6.07) is 57.5. The molecule has 0 unspecified atom stereocenters. The highest BCUT2D eigenvalue weighted by Gasteiger charge is 2.18. The molecule has 214 valence electrons. The summed E-state index contributed by atoms with van der Waals surface area (Å²) in [6.07, 6.45) is 0. The molecule has 0 bridgehead atoms.